The van der Waals surface area contributed by atoms with E-state index in [1.54, 1.807) is 6.20 Å². The molecule has 4 nitrogen and oxygen atoms in total. The molecule has 1 saturated heterocycles. The molecule has 1 aromatic rings. The van der Waals surface area contributed by atoms with Crippen LogP contribution in [0.2, 0.25) is 0 Å². The highest BCUT2D eigenvalue weighted by molar-refractivity contribution is 5.74. The van der Waals surface area contributed by atoms with Crippen molar-refractivity contribution in [3.8, 4) is 0 Å². The molecule has 0 bridgehead atoms. The highest BCUT2D eigenvalue weighted by atomic mass is 16.2. The lowest BCUT2D eigenvalue weighted by Gasteiger charge is -2.20. The van der Waals surface area contributed by atoms with E-state index < -0.39 is 0 Å². The average molecular weight is 247 g/mol. The summed E-state index contributed by atoms with van der Waals surface area (Å²) < 4.78 is 0. The lowest BCUT2D eigenvalue weighted by molar-refractivity contribution is 0.200. The number of hydrogen-bond donors (Lipinski definition) is 1. The second kappa shape index (κ2) is 6.99. The van der Waals surface area contributed by atoms with E-state index in [-0.39, 0.29) is 6.03 Å². The molecule has 18 heavy (non-hydrogen) atoms. The van der Waals surface area contributed by atoms with Crippen LogP contribution < -0.4 is 5.32 Å². The Balaban J connectivity index is 1.71. The summed E-state index contributed by atoms with van der Waals surface area (Å²) in [6, 6.07) is 5.93. The third-order valence-corrected chi connectivity index (χ3v) is 3.28. The summed E-state index contributed by atoms with van der Waals surface area (Å²) in [7, 11) is 0. The molecule has 0 atom stereocenters. The highest BCUT2D eigenvalue weighted by Crippen LogP contribution is 2.09. The van der Waals surface area contributed by atoms with Gasteiger partial charge >= 0.3 is 6.03 Å². The van der Waals surface area contributed by atoms with Gasteiger partial charge in [0.2, 0.25) is 0 Å². The molecule has 2 rings (SSSR count). The fourth-order valence-corrected chi connectivity index (χ4v) is 2.23. The molecule has 0 radical (unpaired) electrons. The third-order valence-electron chi connectivity index (χ3n) is 3.28. The van der Waals surface area contributed by atoms with Crippen molar-refractivity contribution in [2.24, 2.45) is 0 Å². The number of amides is 2. The second-order valence-electron chi connectivity index (χ2n) is 4.70. The maximum atomic E-state index is 11.9. The van der Waals surface area contributed by atoms with Crippen LogP contribution in [0.3, 0.4) is 0 Å². The number of urea groups is 1. The second-order valence-corrected chi connectivity index (χ2v) is 4.70. The number of likely N-dealkylation sites (tertiary alicyclic amines) is 1. The molecule has 0 aliphatic carbocycles. The number of carbonyl (C=O) groups excluding carboxylic acids is 1. The molecule has 4 heteroatoms. The normalized spacial score (nSPS) is 16.1. The monoisotopic (exact) mass is 247 g/mol. The van der Waals surface area contributed by atoms with E-state index in [1.165, 1.54) is 12.8 Å². The maximum absolute atomic E-state index is 11.9. The zero-order valence-electron chi connectivity index (χ0n) is 10.8. The molecule has 98 valence electrons. The minimum Gasteiger partial charge on any atom is -0.338 e. The van der Waals surface area contributed by atoms with Gasteiger partial charge in [0.1, 0.15) is 0 Å². The van der Waals surface area contributed by atoms with Gasteiger partial charge in [-0.2, -0.15) is 0 Å². The van der Waals surface area contributed by atoms with Gasteiger partial charge in [-0.05, 0) is 25.0 Å². The lowest BCUT2D eigenvalue weighted by Crippen LogP contribution is -2.41. The van der Waals surface area contributed by atoms with Gasteiger partial charge in [0.05, 0.1) is 0 Å². The molecule has 1 N–H and O–H groups in total. The zero-order valence-corrected chi connectivity index (χ0v) is 10.8. The van der Waals surface area contributed by atoms with Crippen molar-refractivity contribution in [2.45, 2.75) is 32.1 Å². The van der Waals surface area contributed by atoms with Gasteiger partial charge in [-0.3, -0.25) is 4.98 Å². The molecule has 1 aliphatic rings. The number of hydrogen-bond acceptors (Lipinski definition) is 2. The Morgan fingerprint density at radius 1 is 1.22 bits per heavy atom. The van der Waals surface area contributed by atoms with Crippen LogP contribution in [0.15, 0.2) is 24.4 Å². The van der Waals surface area contributed by atoms with Gasteiger partial charge in [-0.1, -0.05) is 18.9 Å². The smallest absolute Gasteiger partial charge is 0.317 e. The van der Waals surface area contributed by atoms with Gasteiger partial charge in [0, 0.05) is 37.9 Å². The Morgan fingerprint density at radius 3 is 2.67 bits per heavy atom. The van der Waals surface area contributed by atoms with E-state index in [1.807, 2.05) is 23.1 Å². The van der Waals surface area contributed by atoms with Crippen molar-refractivity contribution in [3.05, 3.63) is 30.1 Å². The van der Waals surface area contributed by atoms with E-state index in [0.717, 1.165) is 38.0 Å². The summed E-state index contributed by atoms with van der Waals surface area (Å²) in [6.45, 7) is 2.46. The molecule has 2 heterocycles. The summed E-state index contributed by atoms with van der Waals surface area (Å²) in [5.74, 6) is 0. The minimum atomic E-state index is 0.0767. The molecular formula is C14H21N3O. The Bertz CT molecular complexity index is 359. The molecule has 1 aliphatic heterocycles. The van der Waals surface area contributed by atoms with Gasteiger partial charge in [0.25, 0.3) is 0 Å². The van der Waals surface area contributed by atoms with Crippen molar-refractivity contribution >= 4 is 6.03 Å². The van der Waals surface area contributed by atoms with Crippen LogP contribution in [0.5, 0.6) is 0 Å². The number of pyridine rings is 1. The van der Waals surface area contributed by atoms with Crippen LogP contribution in [0.1, 0.15) is 31.4 Å². The topological polar surface area (TPSA) is 45.2 Å². The number of nitrogens with one attached hydrogen (secondary N) is 1. The first kappa shape index (κ1) is 12.9. The van der Waals surface area contributed by atoms with Crippen molar-refractivity contribution in [2.75, 3.05) is 19.6 Å². The van der Waals surface area contributed by atoms with E-state index in [4.69, 9.17) is 0 Å². The number of carbonyl (C=O) groups is 1. The SMILES string of the molecule is O=C(NCCc1ccccn1)N1CCCCCC1. The predicted molar refractivity (Wildman–Crippen MR) is 71.4 cm³/mol. The summed E-state index contributed by atoms with van der Waals surface area (Å²) in [4.78, 5) is 18.1. The zero-order chi connectivity index (χ0) is 12.6. The molecule has 2 amide bonds. The van der Waals surface area contributed by atoms with Gasteiger partial charge in [-0.25, -0.2) is 4.79 Å². The fraction of sp³-hybridized carbons (Fsp3) is 0.571. The van der Waals surface area contributed by atoms with E-state index in [0.29, 0.717) is 6.54 Å². The predicted octanol–water partition coefficient (Wildman–Crippen LogP) is 2.21. The Hall–Kier alpha value is -1.58. The molecule has 0 saturated carbocycles. The van der Waals surface area contributed by atoms with Crippen molar-refractivity contribution in [1.82, 2.24) is 15.2 Å². The molecule has 1 fully saturated rings. The first-order chi connectivity index (χ1) is 8.86. The fourth-order valence-electron chi connectivity index (χ4n) is 2.23. The molecule has 0 aromatic carbocycles. The molecule has 0 unspecified atom stereocenters. The standard InChI is InChI=1S/C14H21N3O/c18-14(17-11-5-1-2-6-12-17)16-10-8-13-7-3-4-9-15-13/h3-4,7,9H,1-2,5-6,8,10-12H2,(H,16,18). The van der Waals surface area contributed by atoms with Crippen molar-refractivity contribution < 1.29 is 4.79 Å². The van der Waals surface area contributed by atoms with Gasteiger partial charge in [0.15, 0.2) is 0 Å². The largest absolute Gasteiger partial charge is 0.338 e. The third kappa shape index (κ3) is 4.02. The Labute approximate surface area is 108 Å². The van der Waals surface area contributed by atoms with E-state index in [9.17, 15) is 4.79 Å². The van der Waals surface area contributed by atoms with Crippen LogP contribution in [-0.2, 0) is 6.42 Å². The minimum absolute atomic E-state index is 0.0767. The average Bonchev–Trinajstić information content (AvgIpc) is 2.69. The highest BCUT2D eigenvalue weighted by Gasteiger charge is 2.14. The summed E-state index contributed by atoms with van der Waals surface area (Å²) in [5.41, 5.74) is 1.02. The van der Waals surface area contributed by atoms with Crippen molar-refractivity contribution in [1.29, 1.82) is 0 Å². The van der Waals surface area contributed by atoms with Gasteiger partial charge in [-0.15, -0.1) is 0 Å². The van der Waals surface area contributed by atoms with Gasteiger partial charge < -0.3 is 10.2 Å². The van der Waals surface area contributed by atoms with E-state index in [2.05, 4.69) is 10.3 Å². The summed E-state index contributed by atoms with van der Waals surface area (Å²) >= 11 is 0. The van der Waals surface area contributed by atoms with Crippen LogP contribution in [0.25, 0.3) is 0 Å². The van der Waals surface area contributed by atoms with Crippen LogP contribution in [-0.4, -0.2) is 35.5 Å². The van der Waals surface area contributed by atoms with Crippen LogP contribution >= 0.6 is 0 Å². The van der Waals surface area contributed by atoms with Crippen molar-refractivity contribution in [3.63, 3.8) is 0 Å². The first-order valence-electron chi connectivity index (χ1n) is 6.79. The number of rotatable bonds is 3. The van der Waals surface area contributed by atoms with E-state index >= 15 is 0 Å². The number of aromatic nitrogens is 1. The lowest BCUT2D eigenvalue weighted by atomic mass is 10.2. The summed E-state index contributed by atoms with van der Waals surface area (Å²) in [6.07, 6.45) is 7.34. The molecular weight excluding hydrogens is 226 g/mol. The maximum Gasteiger partial charge on any atom is 0.317 e. The first-order valence-corrected chi connectivity index (χ1v) is 6.79. The summed E-state index contributed by atoms with van der Waals surface area (Å²) in [5, 5.41) is 2.98. The Kier molecular flexibility index (Phi) is 5.00. The number of nitrogens with zero attached hydrogens (tertiary/aromatic N) is 2. The molecule has 0 spiro atoms. The van der Waals surface area contributed by atoms with Crippen LogP contribution in [0, 0.1) is 0 Å². The Morgan fingerprint density at radius 2 is 2.00 bits per heavy atom. The quantitative estimate of drug-likeness (QED) is 0.890. The molecule has 1 aromatic heterocycles. The van der Waals surface area contributed by atoms with Crippen LogP contribution in [0.4, 0.5) is 4.79 Å².